The van der Waals surface area contributed by atoms with Crippen LogP contribution in [0.3, 0.4) is 0 Å². The fraction of sp³-hybridized carbons (Fsp3) is 0.833. The van der Waals surface area contributed by atoms with Crippen molar-refractivity contribution in [1.29, 1.82) is 0 Å². The minimum Gasteiger partial charge on any atom is -0.464 e. The van der Waals surface area contributed by atoms with Crippen LogP contribution < -0.4 is 5.73 Å². The summed E-state index contributed by atoms with van der Waals surface area (Å²) in [6.45, 7) is 7.50. The van der Waals surface area contributed by atoms with Gasteiger partial charge in [-0.2, -0.15) is 0 Å². The first kappa shape index (κ1) is 14.0. The lowest BCUT2D eigenvalue weighted by Crippen LogP contribution is -2.52. The van der Waals surface area contributed by atoms with Crippen LogP contribution in [0.4, 0.5) is 0 Å². The summed E-state index contributed by atoms with van der Waals surface area (Å²) in [5.41, 5.74) is 5.60. The van der Waals surface area contributed by atoms with Crippen molar-refractivity contribution in [2.75, 3.05) is 19.7 Å². The standard InChI is InChI=1S/C12H22N2O3/c1-4-17-12(16)10(13)11(15)14-6-8(2)5-9(3)7-14/h8-10H,4-7,13H2,1-3H3. The summed E-state index contributed by atoms with van der Waals surface area (Å²) in [6.07, 6.45) is 1.11. The highest BCUT2D eigenvalue weighted by Gasteiger charge is 2.32. The van der Waals surface area contributed by atoms with Gasteiger partial charge in [0.2, 0.25) is 0 Å². The van der Waals surface area contributed by atoms with Gasteiger partial charge in [0.15, 0.2) is 6.04 Å². The highest BCUT2D eigenvalue weighted by Crippen LogP contribution is 2.21. The Morgan fingerprint density at radius 1 is 1.35 bits per heavy atom. The molecule has 98 valence electrons. The quantitative estimate of drug-likeness (QED) is 0.573. The maximum atomic E-state index is 12.0. The first-order valence-electron chi connectivity index (χ1n) is 6.16. The molecule has 3 atom stereocenters. The molecule has 0 bridgehead atoms. The molecule has 1 rings (SSSR count). The summed E-state index contributed by atoms with van der Waals surface area (Å²) < 4.78 is 4.76. The van der Waals surface area contributed by atoms with Crippen LogP contribution in [0.15, 0.2) is 0 Å². The first-order valence-corrected chi connectivity index (χ1v) is 6.16. The minimum atomic E-state index is -1.17. The van der Waals surface area contributed by atoms with Crippen molar-refractivity contribution >= 4 is 11.9 Å². The van der Waals surface area contributed by atoms with E-state index in [4.69, 9.17) is 10.5 Å². The summed E-state index contributed by atoms with van der Waals surface area (Å²) in [5.74, 6) is -0.0422. The lowest BCUT2D eigenvalue weighted by Gasteiger charge is -2.35. The van der Waals surface area contributed by atoms with Gasteiger partial charge < -0.3 is 15.4 Å². The van der Waals surface area contributed by atoms with Gasteiger partial charge in [0.25, 0.3) is 5.91 Å². The second kappa shape index (κ2) is 6.00. The number of rotatable bonds is 3. The summed E-state index contributed by atoms with van der Waals surface area (Å²) in [6, 6.07) is -1.17. The Kier molecular flexibility index (Phi) is 4.93. The average molecular weight is 242 g/mol. The van der Waals surface area contributed by atoms with Crippen molar-refractivity contribution in [2.45, 2.75) is 33.2 Å². The van der Waals surface area contributed by atoms with Crippen LogP contribution >= 0.6 is 0 Å². The van der Waals surface area contributed by atoms with E-state index in [9.17, 15) is 9.59 Å². The van der Waals surface area contributed by atoms with Gasteiger partial charge in [0.05, 0.1) is 6.61 Å². The van der Waals surface area contributed by atoms with Crippen molar-refractivity contribution in [1.82, 2.24) is 4.90 Å². The Balaban J connectivity index is 2.59. The van der Waals surface area contributed by atoms with Crippen molar-refractivity contribution in [3.8, 4) is 0 Å². The highest BCUT2D eigenvalue weighted by atomic mass is 16.5. The number of hydrogen-bond acceptors (Lipinski definition) is 4. The molecule has 1 heterocycles. The molecule has 1 aliphatic rings. The zero-order chi connectivity index (χ0) is 13.0. The van der Waals surface area contributed by atoms with Crippen LogP contribution in [0.1, 0.15) is 27.2 Å². The van der Waals surface area contributed by atoms with Crippen LogP contribution in [0.25, 0.3) is 0 Å². The molecule has 0 aliphatic carbocycles. The van der Waals surface area contributed by atoms with Crippen LogP contribution in [0.2, 0.25) is 0 Å². The maximum absolute atomic E-state index is 12.0. The number of carbonyl (C=O) groups is 2. The molecule has 0 aromatic heterocycles. The molecule has 1 aliphatic heterocycles. The molecule has 0 radical (unpaired) electrons. The molecule has 0 aromatic carbocycles. The van der Waals surface area contributed by atoms with Gasteiger partial charge in [-0.3, -0.25) is 4.79 Å². The Morgan fingerprint density at radius 3 is 2.35 bits per heavy atom. The predicted molar refractivity (Wildman–Crippen MR) is 64.1 cm³/mol. The van der Waals surface area contributed by atoms with Crippen LogP contribution in [0.5, 0.6) is 0 Å². The lowest BCUT2D eigenvalue weighted by atomic mass is 9.91. The van der Waals surface area contributed by atoms with E-state index in [-0.39, 0.29) is 12.5 Å². The van der Waals surface area contributed by atoms with Crippen molar-refractivity contribution in [2.24, 2.45) is 17.6 Å². The predicted octanol–water partition coefficient (Wildman–Crippen LogP) is 0.381. The van der Waals surface area contributed by atoms with E-state index in [1.54, 1.807) is 11.8 Å². The molecule has 3 unspecified atom stereocenters. The van der Waals surface area contributed by atoms with Gasteiger partial charge in [-0.1, -0.05) is 13.8 Å². The van der Waals surface area contributed by atoms with E-state index in [0.29, 0.717) is 24.9 Å². The normalized spacial score (nSPS) is 26.5. The molecular formula is C12H22N2O3. The molecule has 2 N–H and O–H groups in total. The Hall–Kier alpha value is -1.10. The largest absolute Gasteiger partial charge is 0.464 e. The number of piperidine rings is 1. The fourth-order valence-corrected chi connectivity index (χ4v) is 2.37. The Labute approximate surface area is 102 Å². The van der Waals surface area contributed by atoms with Gasteiger partial charge in [0, 0.05) is 13.1 Å². The maximum Gasteiger partial charge on any atom is 0.332 e. The van der Waals surface area contributed by atoms with E-state index in [1.165, 1.54) is 0 Å². The number of nitrogens with two attached hydrogens (primary N) is 1. The van der Waals surface area contributed by atoms with E-state index in [0.717, 1.165) is 6.42 Å². The van der Waals surface area contributed by atoms with Gasteiger partial charge in [-0.25, -0.2) is 4.79 Å². The summed E-state index contributed by atoms with van der Waals surface area (Å²) in [5, 5.41) is 0. The fourth-order valence-electron chi connectivity index (χ4n) is 2.37. The zero-order valence-electron chi connectivity index (χ0n) is 10.8. The molecule has 0 aromatic rings. The van der Waals surface area contributed by atoms with Crippen LogP contribution in [-0.2, 0) is 14.3 Å². The molecule has 5 heteroatoms. The monoisotopic (exact) mass is 242 g/mol. The number of likely N-dealkylation sites (tertiary alicyclic amines) is 1. The lowest BCUT2D eigenvalue weighted by molar-refractivity contribution is -0.151. The minimum absolute atomic E-state index is 0.243. The Bertz CT molecular complexity index is 283. The third-order valence-electron chi connectivity index (χ3n) is 2.99. The third kappa shape index (κ3) is 3.70. The van der Waals surface area contributed by atoms with Gasteiger partial charge in [0.1, 0.15) is 0 Å². The van der Waals surface area contributed by atoms with Crippen LogP contribution in [0, 0.1) is 11.8 Å². The van der Waals surface area contributed by atoms with E-state index >= 15 is 0 Å². The molecular weight excluding hydrogens is 220 g/mol. The summed E-state index contributed by atoms with van der Waals surface area (Å²) in [7, 11) is 0. The average Bonchev–Trinajstić information content (AvgIpc) is 2.26. The molecule has 0 spiro atoms. The smallest absolute Gasteiger partial charge is 0.332 e. The third-order valence-corrected chi connectivity index (χ3v) is 2.99. The highest BCUT2D eigenvalue weighted by molar-refractivity contribution is 6.01. The Morgan fingerprint density at radius 2 is 1.88 bits per heavy atom. The van der Waals surface area contributed by atoms with Crippen molar-refractivity contribution < 1.29 is 14.3 Å². The van der Waals surface area contributed by atoms with Gasteiger partial charge >= 0.3 is 5.97 Å². The van der Waals surface area contributed by atoms with Crippen molar-refractivity contribution in [3.63, 3.8) is 0 Å². The number of hydrogen-bond donors (Lipinski definition) is 1. The number of esters is 1. The van der Waals surface area contributed by atoms with Gasteiger partial charge in [-0.15, -0.1) is 0 Å². The topological polar surface area (TPSA) is 72.6 Å². The second-order valence-electron chi connectivity index (χ2n) is 4.92. The molecule has 17 heavy (non-hydrogen) atoms. The molecule has 1 amide bonds. The number of carbonyl (C=O) groups excluding carboxylic acids is 2. The van der Waals surface area contributed by atoms with Gasteiger partial charge in [-0.05, 0) is 25.2 Å². The first-order chi connectivity index (χ1) is 7.95. The summed E-state index contributed by atoms with van der Waals surface area (Å²) >= 11 is 0. The van der Waals surface area contributed by atoms with E-state index < -0.39 is 12.0 Å². The molecule has 1 fully saturated rings. The van der Waals surface area contributed by atoms with E-state index in [2.05, 4.69) is 13.8 Å². The molecule has 1 saturated heterocycles. The molecule has 5 nitrogen and oxygen atoms in total. The number of amides is 1. The molecule has 0 saturated carbocycles. The van der Waals surface area contributed by atoms with E-state index in [1.807, 2.05) is 0 Å². The number of nitrogens with zero attached hydrogens (tertiary/aromatic N) is 1. The van der Waals surface area contributed by atoms with Crippen molar-refractivity contribution in [3.05, 3.63) is 0 Å². The van der Waals surface area contributed by atoms with Crippen LogP contribution in [-0.4, -0.2) is 42.5 Å². The zero-order valence-corrected chi connectivity index (χ0v) is 10.8. The second-order valence-corrected chi connectivity index (χ2v) is 4.92. The number of ether oxygens (including phenoxy) is 1. The summed E-state index contributed by atoms with van der Waals surface area (Å²) in [4.78, 5) is 25.1. The SMILES string of the molecule is CCOC(=O)C(N)C(=O)N1CC(C)CC(C)C1.